The van der Waals surface area contributed by atoms with Gasteiger partial charge in [-0.2, -0.15) is 0 Å². The van der Waals surface area contributed by atoms with Crippen LogP contribution >= 0.6 is 0 Å². The Morgan fingerprint density at radius 3 is 2.39 bits per heavy atom. The van der Waals surface area contributed by atoms with E-state index in [-0.39, 0.29) is 36.4 Å². The number of hydrogen-bond donors (Lipinski definition) is 3. The van der Waals surface area contributed by atoms with E-state index in [9.17, 15) is 19.2 Å². The van der Waals surface area contributed by atoms with E-state index in [1.165, 1.54) is 11.6 Å². The van der Waals surface area contributed by atoms with E-state index in [4.69, 9.17) is 10.7 Å². The number of aromatic nitrogens is 4. The molecule has 1 atom stereocenters. The van der Waals surface area contributed by atoms with Crippen LogP contribution in [0, 0.1) is 12.7 Å². The van der Waals surface area contributed by atoms with Crippen LogP contribution in [0.5, 0.6) is 0 Å². The van der Waals surface area contributed by atoms with E-state index in [0.29, 0.717) is 85.4 Å². The molecule has 364 valence electrons. The predicted octanol–water partition coefficient (Wildman–Crippen LogP) is 5.81. The van der Waals surface area contributed by atoms with Gasteiger partial charge < -0.3 is 40.8 Å². The van der Waals surface area contributed by atoms with Crippen LogP contribution in [-0.2, 0) is 34.0 Å². The molecule has 0 bridgehead atoms. The second kappa shape index (κ2) is 21.6. The van der Waals surface area contributed by atoms with E-state index in [2.05, 4.69) is 54.7 Å². The van der Waals surface area contributed by atoms with Gasteiger partial charge in [-0.05, 0) is 92.4 Å². The molecule has 9 rings (SSSR count). The van der Waals surface area contributed by atoms with Crippen LogP contribution in [0.4, 0.5) is 21.6 Å². The van der Waals surface area contributed by atoms with E-state index in [0.717, 1.165) is 86.5 Å². The second-order valence-electron chi connectivity index (χ2n) is 18.4. The van der Waals surface area contributed by atoms with Crippen LogP contribution in [0.1, 0.15) is 65.0 Å². The quantitative estimate of drug-likeness (QED) is 0.0697. The van der Waals surface area contributed by atoms with Crippen molar-refractivity contribution >= 4 is 52.4 Å². The Balaban J connectivity index is 0.676. The van der Waals surface area contributed by atoms with Gasteiger partial charge in [0.1, 0.15) is 35.3 Å². The van der Waals surface area contributed by atoms with Crippen molar-refractivity contribution in [3.63, 3.8) is 0 Å². The van der Waals surface area contributed by atoms with Crippen LogP contribution in [0.2, 0.25) is 0 Å². The Kier molecular flexibility index (Phi) is 14.7. The van der Waals surface area contributed by atoms with Crippen molar-refractivity contribution in [2.24, 2.45) is 0 Å². The van der Waals surface area contributed by atoms with Gasteiger partial charge in [0.2, 0.25) is 11.8 Å². The fourth-order valence-electron chi connectivity index (χ4n) is 9.99. The lowest BCUT2D eigenvalue weighted by Crippen LogP contribution is -2.49. The number of carbonyl (C=O) groups is 4. The first-order chi connectivity index (χ1) is 34.1. The summed E-state index contributed by atoms with van der Waals surface area (Å²) < 4.78 is 17.7. The summed E-state index contributed by atoms with van der Waals surface area (Å²) in [6, 6.07) is 26.2. The molecule has 0 saturated carbocycles. The number of nitrogens with two attached hydrogens (primary N) is 1. The molecule has 2 saturated heterocycles. The number of likely N-dealkylation sites (N-methyl/N-ethyl adjacent to an activating group) is 1. The zero-order valence-corrected chi connectivity index (χ0v) is 39.9. The molecule has 3 aliphatic heterocycles. The third kappa shape index (κ3) is 10.6. The number of fused-ring (bicyclic) bond motifs is 2. The maximum atomic E-state index is 15.8. The van der Waals surface area contributed by atoms with Crippen LogP contribution in [-0.4, -0.2) is 135 Å². The topological polar surface area (TPSA) is 178 Å². The number of imidazole rings is 1. The minimum atomic E-state index is -0.702. The Hall–Kier alpha value is -7.24. The van der Waals surface area contributed by atoms with Gasteiger partial charge in [0.25, 0.3) is 5.91 Å². The summed E-state index contributed by atoms with van der Waals surface area (Å²) in [5, 5.41) is 6.14. The summed E-state index contributed by atoms with van der Waals surface area (Å²) >= 11 is 0. The fraction of sp³-hybridized carbons (Fsp3) is 0.377. The molecule has 6 aromatic rings. The van der Waals surface area contributed by atoms with E-state index in [1.807, 2.05) is 63.8 Å². The number of piperazine rings is 2. The van der Waals surface area contributed by atoms with Crippen molar-refractivity contribution in [2.45, 2.75) is 64.7 Å². The summed E-state index contributed by atoms with van der Waals surface area (Å²) in [5.41, 5.74) is 14.7. The Morgan fingerprint density at radius 1 is 0.871 bits per heavy atom. The average Bonchev–Trinajstić information content (AvgIpc) is 3.90. The second-order valence-corrected chi connectivity index (χ2v) is 18.4. The number of pyridine rings is 2. The molecule has 1 unspecified atom stereocenters. The molecule has 2 fully saturated rings. The molecule has 3 aliphatic rings. The number of nitrogen functional groups attached to an aromatic ring is 1. The smallest absolute Gasteiger partial charge is 0.255 e. The maximum absolute atomic E-state index is 15.8. The van der Waals surface area contributed by atoms with Crippen molar-refractivity contribution < 1.29 is 23.6 Å². The zero-order chi connectivity index (χ0) is 48.7. The number of unbranched alkanes of at least 4 members (excludes halogenated alkanes) is 1. The number of anilines is 3. The van der Waals surface area contributed by atoms with Crippen molar-refractivity contribution in [1.29, 1.82) is 0 Å². The molecular formula is C53H61FN12O4. The molecule has 70 heavy (non-hydrogen) atoms. The number of aryl methyl sites for hydroxylation is 1. The average molecular weight is 949 g/mol. The van der Waals surface area contributed by atoms with E-state index < -0.39 is 6.04 Å². The van der Waals surface area contributed by atoms with Crippen LogP contribution < -0.4 is 21.3 Å². The highest BCUT2D eigenvalue weighted by atomic mass is 19.1. The van der Waals surface area contributed by atoms with Crippen LogP contribution in [0.25, 0.3) is 28.1 Å². The largest absolute Gasteiger partial charge is 0.384 e. The monoisotopic (exact) mass is 948 g/mol. The minimum Gasteiger partial charge on any atom is -0.384 e. The van der Waals surface area contributed by atoms with Gasteiger partial charge >= 0.3 is 0 Å². The third-order valence-corrected chi connectivity index (χ3v) is 13.9. The van der Waals surface area contributed by atoms with E-state index in [1.54, 1.807) is 30.3 Å². The first kappa shape index (κ1) is 47.8. The summed E-state index contributed by atoms with van der Waals surface area (Å²) in [5.74, 6) is 0.470. The molecular weight excluding hydrogens is 888 g/mol. The molecule has 3 amide bonds. The minimum absolute atomic E-state index is 0.165. The number of hydrogen-bond acceptors (Lipinski definition) is 12. The number of halogens is 1. The first-order valence-electron chi connectivity index (χ1n) is 24.3. The van der Waals surface area contributed by atoms with Crippen LogP contribution in [0.3, 0.4) is 0 Å². The van der Waals surface area contributed by atoms with Crippen LogP contribution in [0.15, 0.2) is 91.1 Å². The molecule has 17 heteroatoms. The summed E-state index contributed by atoms with van der Waals surface area (Å²) in [7, 11) is 1.54. The van der Waals surface area contributed by atoms with Gasteiger partial charge in [0, 0.05) is 127 Å². The molecule has 16 nitrogen and oxygen atoms in total. The first-order valence-corrected chi connectivity index (χ1v) is 24.3. The highest BCUT2D eigenvalue weighted by Crippen LogP contribution is 2.33. The van der Waals surface area contributed by atoms with Gasteiger partial charge in [0.05, 0.1) is 17.1 Å². The van der Waals surface area contributed by atoms with Crippen molar-refractivity contribution in [3.05, 3.63) is 125 Å². The van der Waals surface area contributed by atoms with Crippen molar-refractivity contribution in [2.75, 3.05) is 81.9 Å². The SMILES string of the molecule is CNC(=O)C(CCC=O)N1Cc2c(NCc3ccc(CN4CCN(CCCCC(=O)N5CCN(c6ccc(-n7c(C)nc8ccc(-c9ccnc(N)c9)nc87)cc6F)CC5)CC4)cc3)cccc2C1=O. The molecule has 0 spiro atoms. The zero-order valence-electron chi connectivity index (χ0n) is 39.9. The standard InChI is InChI=1S/C53H61FN12O4/c1-36-59-46-17-16-44(39-19-20-57-49(55)31-39)60-51(46)66(36)40-15-18-47(43(54)32-40)63-26-28-64(29-27-63)50(68)10-3-4-21-61-22-24-62(25-23-61)34-38-13-11-37(12-14-38)33-58-45-8-5-7-41-42(45)35-65(53(41)70)48(9-6-30-67)52(69)56-2/h5,7-8,11-20,30-32,48,58H,3-4,6,9-10,21-29,33-35H2,1-2H3,(H2,55,57)(H,56,69). The highest BCUT2D eigenvalue weighted by molar-refractivity contribution is 6.02. The number of rotatable bonds is 18. The van der Waals surface area contributed by atoms with Gasteiger partial charge in [-0.1, -0.05) is 30.3 Å². The summed E-state index contributed by atoms with van der Waals surface area (Å²) in [6.45, 7) is 10.9. The normalized spacial score (nSPS) is 15.9. The molecule has 3 aromatic carbocycles. The van der Waals surface area contributed by atoms with Crippen molar-refractivity contribution in [1.82, 2.24) is 44.4 Å². The maximum Gasteiger partial charge on any atom is 0.255 e. The van der Waals surface area contributed by atoms with Gasteiger partial charge in [0.15, 0.2) is 5.65 Å². The Labute approximate surface area is 407 Å². The summed E-state index contributed by atoms with van der Waals surface area (Å²) in [6.07, 6.45) is 5.24. The molecule has 3 aromatic heterocycles. The number of nitrogens with one attached hydrogen (secondary N) is 2. The number of amides is 3. The lowest BCUT2D eigenvalue weighted by atomic mass is 10.1. The predicted molar refractivity (Wildman–Crippen MR) is 269 cm³/mol. The van der Waals surface area contributed by atoms with Gasteiger partial charge in [-0.15, -0.1) is 0 Å². The van der Waals surface area contributed by atoms with Crippen molar-refractivity contribution in [3.8, 4) is 16.9 Å². The molecule has 0 aliphatic carbocycles. The lowest BCUT2D eigenvalue weighted by Gasteiger charge is -2.36. The Bertz CT molecular complexity index is 2860. The lowest BCUT2D eigenvalue weighted by molar-refractivity contribution is -0.131. The number of benzene rings is 3. The highest BCUT2D eigenvalue weighted by Gasteiger charge is 2.37. The Morgan fingerprint density at radius 2 is 1.64 bits per heavy atom. The summed E-state index contributed by atoms with van der Waals surface area (Å²) in [4.78, 5) is 74.4. The molecule has 6 heterocycles. The fourth-order valence-corrected chi connectivity index (χ4v) is 9.99. The third-order valence-electron chi connectivity index (χ3n) is 13.9. The van der Waals surface area contributed by atoms with Gasteiger partial charge in [-0.25, -0.2) is 19.3 Å². The molecule has 4 N–H and O–H groups in total. The van der Waals surface area contributed by atoms with Gasteiger partial charge in [-0.3, -0.25) is 23.9 Å². The van der Waals surface area contributed by atoms with E-state index >= 15 is 4.39 Å². The number of nitrogens with zero attached hydrogens (tertiary/aromatic N) is 9. The number of aldehydes is 1. The molecule has 0 radical (unpaired) electrons. The number of carbonyl (C=O) groups excluding carboxylic acids is 4.